The van der Waals surface area contributed by atoms with E-state index in [4.69, 9.17) is 4.74 Å². The first kappa shape index (κ1) is 20.5. The fourth-order valence-electron chi connectivity index (χ4n) is 2.95. The third-order valence-corrected chi connectivity index (χ3v) is 4.57. The van der Waals surface area contributed by atoms with Crippen LogP contribution in [0.25, 0.3) is 0 Å². The molecule has 1 aliphatic rings. The number of hydrogen-bond donors (Lipinski definition) is 2. The molecule has 0 saturated carbocycles. The van der Waals surface area contributed by atoms with E-state index in [1.54, 1.807) is 32.8 Å². The molecule has 3 atom stereocenters. The van der Waals surface area contributed by atoms with Crippen LogP contribution in [0.15, 0.2) is 49.1 Å². The van der Waals surface area contributed by atoms with Crippen molar-refractivity contribution in [2.45, 2.75) is 31.2 Å². The van der Waals surface area contributed by atoms with Gasteiger partial charge in [0, 0.05) is 46.0 Å². The molecule has 1 aliphatic heterocycles. The van der Waals surface area contributed by atoms with Crippen molar-refractivity contribution in [2.75, 3.05) is 20.6 Å². The van der Waals surface area contributed by atoms with Gasteiger partial charge in [0.25, 0.3) is 11.8 Å². The molecular formula is C20H25N5O4. The van der Waals surface area contributed by atoms with Crippen molar-refractivity contribution in [2.24, 2.45) is 0 Å². The van der Waals surface area contributed by atoms with E-state index < -0.39 is 24.2 Å². The molecule has 2 heterocycles. The number of carbonyl (C=O) groups excluding carboxylic acids is 3. The molecule has 1 fully saturated rings. The van der Waals surface area contributed by atoms with E-state index in [2.05, 4.69) is 15.6 Å². The van der Waals surface area contributed by atoms with E-state index in [0.717, 1.165) is 5.56 Å². The summed E-state index contributed by atoms with van der Waals surface area (Å²) < 4.78 is 7.08. The first-order valence-corrected chi connectivity index (χ1v) is 9.40. The summed E-state index contributed by atoms with van der Waals surface area (Å²) in [6, 6.07) is 8.71. The molecule has 1 aromatic heterocycles. The molecule has 9 heteroatoms. The molecule has 9 nitrogen and oxygen atoms in total. The number of carbonyl (C=O) groups is 3. The number of nitrogens with zero attached hydrogens (tertiary/aromatic N) is 3. The lowest BCUT2D eigenvalue weighted by Gasteiger charge is -2.21. The van der Waals surface area contributed by atoms with Gasteiger partial charge in [-0.15, -0.1) is 0 Å². The Balaban J connectivity index is 1.50. The number of imidazole rings is 1. The summed E-state index contributed by atoms with van der Waals surface area (Å²) in [6.07, 6.45) is 3.77. The van der Waals surface area contributed by atoms with Crippen LogP contribution in [0.3, 0.4) is 0 Å². The number of nitrogens with one attached hydrogen (secondary N) is 2. The number of hydrogen-bond acceptors (Lipinski definition) is 5. The summed E-state index contributed by atoms with van der Waals surface area (Å²) in [5.41, 5.74) is 0.929. The van der Waals surface area contributed by atoms with Gasteiger partial charge in [0.15, 0.2) is 12.2 Å². The Kier molecular flexibility index (Phi) is 6.61. The minimum atomic E-state index is -0.878. The molecular weight excluding hydrogens is 374 g/mol. The summed E-state index contributed by atoms with van der Waals surface area (Å²) >= 11 is 0. The number of amides is 3. The second-order valence-corrected chi connectivity index (χ2v) is 7.05. The molecule has 3 amide bonds. The number of benzene rings is 1. The number of likely N-dealkylation sites (N-methyl/N-ethyl adjacent to an activating group) is 1. The quantitative estimate of drug-likeness (QED) is 0.557. The van der Waals surface area contributed by atoms with Gasteiger partial charge in [0.05, 0.1) is 6.33 Å². The Morgan fingerprint density at radius 2 is 1.90 bits per heavy atom. The highest BCUT2D eigenvalue weighted by atomic mass is 16.6. The van der Waals surface area contributed by atoms with Gasteiger partial charge in [-0.3, -0.25) is 14.4 Å². The van der Waals surface area contributed by atoms with E-state index in [1.807, 2.05) is 34.9 Å². The molecule has 0 spiro atoms. The van der Waals surface area contributed by atoms with Crippen molar-refractivity contribution in [1.82, 2.24) is 25.1 Å². The van der Waals surface area contributed by atoms with E-state index in [9.17, 15) is 14.4 Å². The van der Waals surface area contributed by atoms with Crippen molar-refractivity contribution in [1.29, 1.82) is 0 Å². The zero-order valence-electron chi connectivity index (χ0n) is 16.4. The van der Waals surface area contributed by atoms with Crippen LogP contribution < -0.4 is 10.6 Å². The van der Waals surface area contributed by atoms with E-state index in [-0.39, 0.29) is 11.8 Å². The van der Waals surface area contributed by atoms with Crippen LogP contribution in [0, 0.1) is 0 Å². The first-order chi connectivity index (χ1) is 14.0. The molecule has 0 bridgehead atoms. The molecule has 1 aromatic carbocycles. The van der Waals surface area contributed by atoms with Gasteiger partial charge >= 0.3 is 0 Å². The summed E-state index contributed by atoms with van der Waals surface area (Å²) in [5.74, 6) is -1.02. The van der Waals surface area contributed by atoms with Crippen molar-refractivity contribution in [3.8, 4) is 0 Å². The topological polar surface area (TPSA) is 109 Å². The molecule has 1 saturated heterocycles. The minimum Gasteiger partial charge on any atom is -0.352 e. The van der Waals surface area contributed by atoms with Gasteiger partial charge in [-0.2, -0.15) is 0 Å². The number of ether oxygens (including phenoxy) is 1. The zero-order chi connectivity index (χ0) is 20.8. The Morgan fingerprint density at radius 3 is 2.55 bits per heavy atom. The minimum absolute atomic E-state index is 0.218. The summed E-state index contributed by atoms with van der Waals surface area (Å²) in [5, 5.41) is 5.46. The van der Waals surface area contributed by atoms with Crippen molar-refractivity contribution >= 4 is 17.7 Å². The molecule has 154 valence electrons. The molecule has 0 unspecified atom stereocenters. The number of rotatable bonds is 9. The Hall–Kier alpha value is -3.20. The van der Waals surface area contributed by atoms with Crippen LogP contribution in [-0.4, -0.2) is 71.1 Å². The van der Waals surface area contributed by atoms with Crippen molar-refractivity contribution < 1.29 is 19.1 Å². The van der Waals surface area contributed by atoms with Gasteiger partial charge in [-0.25, -0.2) is 4.98 Å². The lowest BCUT2D eigenvalue weighted by molar-refractivity contribution is -0.134. The third-order valence-electron chi connectivity index (χ3n) is 4.57. The third kappa shape index (κ3) is 5.64. The largest absolute Gasteiger partial charge is 0.352 e. The SMILES string of the molecule is CN(C)C(=O)[C@H](Cc1ccccc1)NC(=O)[C@H]1O[C@@H]1C(=O)NCCn1ccnc1. The normalized spacial score (nSPS) is 18.6. The average molecular weight is 399 g/mol. The van der Waals surface area contributed by atoms with Crippen LogP contribution >= 0.6 is 0 Å². The number of aromatic nitrogens is 2. The highest BCUT2D eigenvalue weighted by Gasteiger charge is 2.50. The lowest BCUT2D eigenvalue weighted by atomic mass is 10.0. The van der Waals surface area contributed by atoms with E-state index in [0.29, 0.717) is 19.5 Å². The second-order valence-electron chi connectivity index (χ2n) is 7.05. The standard InChI is InChI=1S/C20H25N5O4/c1-24(2)20(28)15(12-14-6-4-3-5-7-14)23-19(27)17-16(29-17)18(26)22-9-11-25-10-8-21-13-25/h3-8,10,13,15-17H,9,11-12H2,1-2H3,(H,22,26)(H,23,27)/t15-,16-,17-/m0/s1. The predicted octanol–water partition coefficient (Wildman–Crippen LogP) is -0.418. The van der Waals surface area contributed by atoms with Crippen LogP contribution in [-0.2, 0) is 32.1 Å². The maximum absolute atomic E-state index is 12.5. The van der Waals surface area contributed by atoms with Crippen molar-refractivity contribution in [3.63, 3.8) is 0 Å². The molecule has 2 aromatic rings. The number of epoxide rings is 1. The summed E-state index contributed by atoms with van der Waals surface area (Å²) in [6.45, 7) is 0.977. The van der Waals surface area contributed by atoms with E-state index in [1.165, 1.54) is 4.90 Å². The van der Waals surface area contributed by atoms with Gasteiger partial charge < -0.3 is 24.8 Å². The Labute approximate surface area is 169 Å². The van der Waals surface area contributed by atoms with Gasteiger partial charge in [-0.05, 0) is 5.56 Å². The van der Waals surface area contributed by atoms with Gasteiger partial charge in [-0.1, -0.05) is 30.3 Å². The summed E-state index contributed by atoms with van der Waals surface area (Å²) in [4.78, 5) is 42.5. The maximum Gasteiger partial charge on any atom is 0.253 e. The Bertz CT molecular complexity index is 838. The highest BCUT2D eigenvalue weighted by Crippen LogP contribution is 2.22. The fraction of sp³-hybridized carbons (Fsp3) is 0.400. The average Bonchev–Trinajstić information content (AvgIpc) is 3.36. The van der Waals surface area contributed by atoms with Crippen LogP contribution in [0.2, 0.25) is 0 Å². The van der Waals surface area contributed by atoms with Gasteiger partial charge in [0.2, 0.25) is 5.91 Å². The maximum atomic E-state index is 12.5. The Morgan fingerprint density at radius 1 is 1.17 bits per heavy atom. The zero-order valence-corrected chi connectivity index (χ0v) is 16.4. The van der Waals surface area contributed by atoms with E-state index >= 15 is 0 Å². The summed E-state index contributed by atoms with van der Waals surface area (Å²) in [7, 11) is 3.27. The molecule has 0 radical (unpaired) electrons. The first-order valence-electron chi connectivity index (χ1n) is 9.40. The molecule has 2 N–H and O–H groups in total. The molecule has 29 heavy (non-hydrogen) atoms. The fourth-order valence-corrected chi connectivity index (χ4v) is 2.95. The van der Waals surface area contributed by atoms with Crippen LogP contribution in [0.4, 0.5) is 0 Å². The highest BCUT2D eigenvalue weighted by molar-refractivity contribution is 5.97. The lowest BCUT2D eigenvalue weighted by Crippen LogP contribution is -2.49. The molecule has 3 rings (SSSR count). The van der Waals surface area contributed by atoms with Crippen molar-refractivity contribution in [3.05, 3.63) is 54.6 Å². The smallest absolute Gasteiger partial charge is 0.253 e. The van der Waals surface area contributed by atoms with Crippen LogP contribution in [0.5, 0.6) is 0 Å². The van der Waals surface area contributed by atoms with Crippen LogP contribution in [0.1, 0.15) is 5.56 Å². The monoisotopic (exact) mass is 399 g/mol. The molecule has 0 aliphatic carbocycles. The van der Waals surface area contributed by atoms with Gasteiger partial charge in [0.1, 0.15) is 6.04 Å². The predicted molar refractivity (Wildman–Crippen MR) is 105 cm³/mol. The second kappa shape index (κ2) is 9.33.